The third-order valence-electron chi connectivity index (χ3n) is 5.07. The van der Waals surface area contributed by atoms with Crippen molar-refractivity contribution in [2.45, 2.75) is 39.1 Å². The summed E-state index contributed by atoms with van der Waals surface area (Å²) in [6.07, 6.45) is 0. The van der Waals surface area contributed by atoms with Gasteiger partial charge in [0, 0.05) is 19.5 Å². The third-order valence-corrected chi connectivity index (χ3v) is 6.94. The SMILES string of the molecule is CCOC(=O)C(C(C)C)N(C)C(=O)c1cc(Oc2c(Br)cc(C(C)(O)[PH+]=O)cc2Br)ccc1O. The first kappa shape index (κ1) is 28.2. The van der Waals surface area contributed by atoms with Crippen LogP contribution in [0.2, 0.25) is 0 Å². The van der Waals surface area contributed by atoms with Crippen LogP contribution in [0.4, 0.5) is 0 Å². The van der Waals surface area contributed by atoms with Crippen LogP contribution in [0.3, 0.4) is 0 Å². The van der Waals surface area contributed by atoms with Crippen molar-refractivity contribution >= 4 is 52.2 Å². The predicted octanol–water partition coefficient (Wildman–Crippen LogP) is 5.56. The number of ether oxygens (including phenoxy) is 2. The number of aromatic hydroxyl groups is 1. The molecule has 0 aliphatic heterocycles. The van der Waals surface area contributed by atoms with Crippen molar-refractivity contribution in [3.05, 3.63) is 50.4 Å². The number of carbonyl (C=O) groups is 2. The standard InChI is InChI=1S/C23H26Br2NO7P/c1-6-32-22(29)19(12(2)3)26(5)21(28)15-11-14(7-8-18(15)27)33-20-16(24)9-13(10-17(20)25)23(4,30)34-31/h7-12,19,27,30H,6H2,1-5H3/p+1. The molecule has 2 N–H and O–H groups in total. The fraction of sp³-hybridized carbons (Fsp3) is 0.391. The molecule has 2 rings (SSSR count). The molecule has 11 heteroatoms. The zero-order chi connectivity index (χ0) is 25.8. The molecule has 2 aromatic rings. The van der Waals surface area contributed by atoms with E-state index in [0.29, 0.717) is 20.3 Å². The number of rotatable bonds is 9. The molecule has 0 bridgehead atoms. The van der Waals surface area contributed by atoms with Gasteiger partial charge in [0.25, 0.3) is 11.2 Å². The van der Waals surface area contributed by atoms with Crippen LogP contribution in [0.1, 0.15) is 43.6 Å². The van der Waals surface area contributed by atoms with Crippen molar-refractivity contribution in [1.29, 1.82) is 0 Å². The third kappa shape index (κ3) is 6.36. The summed E-state index contributed by atoms with van der Waals surface area (Å²) in [4.78, 5) is 26.8. The first-order valence-electron chi connectivity index (χ1n) is 10.4. The summed E-state index contributed by atoms with van der Waals surface area (Å²) < 4.78 is 23.3. The number of halogens is 2. The van der Waals surface area contributed by atoms with E-state index in [2.05, 4.69) is 31.9 Å². The Morgan fingerprint density at radius 2 is 1.76 bits per heavy atom. The number of phenolic OH excluding ortho intramolecular Hbond substituents is 1. The summed E-state index contributed by atoms with van der Waals surface area (Å²) in [7, 11) is 0.507. The second-order valence-electron chi connectivity index (χ2n) is 8.08. The van der Waals surface area contributed by atoms with E-state index in [1.165, 1.54) is 37.1 Å². The molecule has 0 saturated heterocycles. The molecule has 0 heterocycles. The quantitative estimate of drug-likeness (QED) is 0.279. The molecule has 1 amide bonds. The average Bonchev–Trinajstić information content (AvgIpc) is 2.76. The molecule has 0 fully saturated rings. The first-order valence-corrected chi connectivity index (χ1v) is 12.9. The minimum absolute atomic E-state index is 0.0469. The Hall–Kier alpha value is -2.00. The van der Waals surface area contributed by atoms with Gasteiger partial charge in [0.15, 0.2) is 5.75 Å². The van der Waals surface area contributed by atoms with Gasteiger partial charge in [0.05, 0.1) is 21.1 Å². The van der Waals surface area contributed by atoms with Gasteiger partial charge in [-0.05, 0) is 75.0 Å². The van der Waals surface area contributed by atoms with E-state index in [4.69, 9.17) is 9.47 Å². The Labute approximate surface area is 216 Å². The summed E-state index contributed by atoms with van der Waals surface area (Å²) in [5.41, 5.74) is 0.364. The van der Waals surface area contributed by atoms with Gasteiger partial charge in [0.1, 0.15) is 17.5 Å². The number of hydrogen-bond donors (Lipinski definition) is 2. The lowest BCUT2D eigenvalue weighted by atomic mass is 10.0. The number of phenols is 1. The van der Waals surface area contributed by atoms with Gasteiger partial charge in [0.2, 0.25) is 0 Å². The number of aliphatic hydroxyl groups is 1. The van der Waals surface area contributed by atoms with Crippen LogP contribution in [0.25, 0.3) is 0 Å². The summed E-state index contributed by atoms with van der Waals surface area (Å²) in [5.74, 6) is -0.988. The molecule has 0 aliphatic rings. The number of amides is 1. The number of hydrogen-bond acceptors (Lipinski definition) is 7. The number of nitrogens with zero attached hydrogens (tertiary/aromatic N) is 1. The molecule has 184 valence electrons. The molecule has 0 saturated carbocycles. The van der Waals surface area contributed by atoms with Gasteiger partial charge in [-0.3, -0.25) is 4.79 Å². The highest BCUT2D eigenvalue weighted by atomic mass is 79.9. The number of likely N-dealkylation sites (N-methyl/N-ethyl adjacent to an activating group) is 1. The van der Waals surface area contributed by atoms with Crippen molar-refractivity contribution in [2.24, 2.45) is 5.92 Å². The lowest BCUT2D eigenvalue weighted by molar-refractivity contribution is -0.149. The van der Waals surface area contributed by atoms with Gasteiger partial charge in [-0.2, -0.15) is 0 Å². The lowest BCUT2D eigenvalue weighted by Crippen LogP contribution is -2.46. The molecule has 0 radical (unpaired) electrons. The highest BCUT2D eigenvalue weighted by Crippen LogP contribution is 2.43. The Morgan fingerprint density at radius 3 is 2.26 bits per heavy atom. The molecular weight excluding hydrogens is 593 g/mol. The molecule has 0 spiro atoms. The van der Waals surface area contributed by atoms with E-state index in [1.807, 2.05) is 0 Å². The number of carbonyl (C=O) groups excluding carboxylic acids is 2. The molecule has 0 aromatic heterocycles. The topological polar surface area (TPSA) is 113 Å². The Morgan fingerprint density at radius 1 is 1.18 bits per heavy atom. The second-order valence-corrected chi connectivity index (χ2v) is 11.0. The minimum Gasteiger partial charge on any atom is -0.507 e. The molecule has 3 unspecified atom stereocenters. The summed E-state index contributed by atoms with van der Waals surface area (Å²) in [6.45, 7) is 6.91. The van der Waals surface area contributed by atoms with Crippen molar-refractivity contribution in [1.82, 2.24) is 4.90 Å². The van der Waals surface area contributed by atoms with E-state index in [0.717, 1.165) is 0 Å². The van der Waals surface area contributed by atoms with Crippen LogP contribution >= 0.6 is 40.3 Å². The average molecular weight is 620 g/mol. The molecule has 0 aliphatic carbocycles. The zero-order valence-corrected chi connectivity index (χ0v) is 23.6. The van der Waals surface area contributed by atoms with Crippen LogP contribution in [0.15, 0.2) is 39.3 Å². The van der Waals surface area contributed by atoms with E-state index < -0.39 is 31.7 Å². The second kappa shape index (κ2) is 11.6. The highest BCUT2D eigenvalue weighted by Gasteiger charge is 2.34. The van der Waals surface area contributed by atoms with Gasteiger partial charge < -0.3 is 24.6 Å². The van der Waals surface area contributed by atoms with Crippen molar-refractivity contribution in [3.8, 4) is 17.2 Å². The van der Waals surface area contributed by atoms with Crippen molar-refractivity contribution in [3.63, 3.8) is 0 Å². The van der Waals surface area contributed by atoms with Crippen molar-refractivity contribution < 1.29 is 33.8 Å². The molecule has 8 nitrogen and oxygen atoms in total. The molecule has 2 aromatic carbocycles. The Bertz CT molecular complexity index is 1070. The zero-order valence-electron chi connectivity index (χ0n) is 19.4. The monoisotopic (exact) mass is 618 g/mol. The maximum atomic E-state index is 13.2. The maximum absolute atomic E-state index is 13.2. The predicted molar refractivity (Wildman–Crippen MR) is 136 cm³/mol. The van der Waals surface area contributed by atoms with Crippen LogP contribution in [0.5, 0.6) is 17.2 Å². The summed E-state index contributed by atoms with van der Waals surface area (Å²) in [6, 6.07) is 6.51. The van der Waals surface area contributed by atoms with Gasteiger partial charge in [-0.25, -0.2) is 4.79 Å². The largest absolute Gasteiger partial charge is 0.507 e. The lowest BCUT2D eigenvalue weighted by Gasteiger charge is -2.29. The van der Waals surface area contributed by atoms with Crippen LogP contribution in [0, 0.1) is 5.92 Å². The maximum Gasteiger partial charge on any atom is 0.364 e. The van der Waals surface area contributed by atoms with E-state index in [-0.39, 0.29) is 29.6 Å². The number of benzene rings is 2. The highest BCUT2D eigenvalue weighted by molar-refractivity contribution is 9.11. The van der Waals surface area contributed by atoms with E-state index in [9.17, 15) is 24.4 Å². The Balaban J connectivity index is 2.40. The number of esters is 1. The van der Waals surface area contributed by atoms with E-state index in [1.54, 1.807) is 32.9 Å². The smallest absolute Gasteiger partial charge is 0.364 e. The summed E-state index contributed by atoms with van der Waals surface area (Å²) >= 11 is 6.77. The van der Waals surface area contributed by atoms with Crippen molar-refractivity contribution in [2.75, 3.05) is 13.7 Å². The van der Waals surface area contributed by atoms with Gasteiger partial charge in [-0.15, -0.1) is 0 Å². The fourth-order valence-corrected chi connectivity index (χ4v) is 4.90. The van der Waals surface area contributed by atoms with Crippen LogP contribution in [-0.2, 0) is 19.4 Å². The summed E-state index contributed by atoms with van der Waals surface area (Å²) in [5, 5.41) is 19.1. The first-order chi connectivity index (χ1) is 15.8. The minimum atomic E-state index is -1.53. The van der Waals surface area contributed by atoms with Gasteiger partial charge in [-0.1, -0.05) is 18.4 Å². The van der Waals surface area contributed by atoms with E-state index >= 15 is 0 Å². The molecule has 34 heavy (non-hydrogen) atoms. The van der Waals surface area contributed by atoms with Crippen LogP contribution in [-0.4, -0.2) is 46.7 Å². The van der Waals surface area contributed by atoms with Gasteiger partial charge >= 0.3 is 14.4 Å². The molecular formula is C23H27Br2NO7P+. The fourth-order valence-electron chi connectivity index (χ4n) is 3.29. The van der Waals surface area contributed by atoms with Crippen LogP contribution < -0.4 is 4.74 Å². The normalized spacial score (nSPS) is 13.9. The Kier molecular flexibility index (Phi) is 9.65. The molecule has 3 atom stereocenters.